The molecule has 0 bridgehead atoms. The van der Waals surface area contributed by atoms with E-state index in [0.717, 1.165) is 38.0 Å². The SMILES string of the molecule is COc1c(N2CC(N)C[C@H](C)C2)ccc2c(=O)c(C(=O)O)cn(C3CC3)c12. The molecule has 2 heterocycles. The zero-order chi connectivity index (χ0) is 19.3. The van der Waals surface area contributed by atoms with E-state index in [1.165, 1.54) is 6.20 Å². The Labute approximate surface area is 157 Å². The lowest BCUT2D eigenvalue weighted by atomic mass is 9.95. The Hall–Kier alpha value is -2.54. The number of aromatic carboxylic acids is 1. The third-order valence-electron chi connectivity index (χ3n) is 5.53. The molecular weight excluding hydrogens is 346 g/mol. The summed E-state index contributed by atoms with van der Waals surface area (Å²) in [5, 5.41) is 9.81. The number of carboxylic acid groups (broad SMARTS) is 1. The van der Waals surface area contributed by atoms with Crippen LogP contribution in [0.4, 0.5) is 5.69 Å². The van der Waals surface area contributed by atoms with Gasteiger partial charge in [-0.1, -0.05) is 6.92 Å². The smallest absolute Gasteiger partial charge is 0.341 e. The normalized spacial score (nSPS) is 22.9. The maximum atomic E-state index is 12.7. The molecule has 1 saturated heterocycles. The fraction of sp³-hybridized carbons (Fsp3) is 0.500. The minimum atomic E-state index is -1.20. The van der Waals surface area contributed by atoms with Crippen molar-refractivity contribution < 1.29 is 14.6 Å². The predicted octanol–water partition coefficient (Wildman–Crippen LogP) is 2.22. The van der Waals surface area contributed by atoms with Crippen LogP contribution >= 0.6 is 0 Å². The molecule has 1 aromatic heterocycles. The van der Waals surface area contributed by atoms with Gasteiger partial charge >= 0.3 is 5.97 Å². The number of hydrogen-bond acceptors (Lipinski definition) is 5. The van der Waals surface area contributed by atoms with Crippen LogP contribution in [0.1, 0.15) is 42.6 Å². The van der Waals surface area contributed by atoms with E-state index in [-0.39, 0.29) is 17.6 Å². The van der Waals surface area contributed by atoms with E-state index < -0.39 is 11.4 Å². The minimum absolute atomic E-state index is 0.0918. The number of carbonyl (C=O) groups is 1. The first-order valence-corrected chi connectivity index (χ1v) is 9.40. The largest absolute Gasteiger partial charge is 0.492 e. The van der Waals surface area contributed by atoms with E-state index in [1.807, 2.05) is 10.6 Å². The Morgan fingerprint density at radius 1 is 1.30 bits per heavy atom. The monoisotopic (exact) mass is 371 g/mol. The average Bonchev–Trinajstić information content (AvgIpc) is 3.45. The van der Waals surface area contributed by atoms with Crippen LogP contribution in [-0.4, -0.2) is 41.9 Å². The van der Waals surface area contributed by atoms with Gasteiger partial charge in [0, 0.05) is 31.4 Å². The third kappa shape index (κ3) is 3.06. The van der Waals surface area contributed by atoms with Crippen molar-refractivity contribution in [3.05, 3.63) is 34.1 Å². The van der Waals surface area contributed by atoms with Gasteiger partial charge in [-0.15, -0.1) is 0 Å². The number of benzene rings is 1. The molecule has 2 aromatic rings. The number of aromatic nitrogens is 1. The number of ether oxygens (including phenoxy) is 1. The second-order valence-corrected chi connectivity index (χ2v) is 7.84. The van der Waals surface area contributed by atoms with E-state index in [0.29, 0.717) is 22.6 Å². The summed E-state index contributed by atoms with van der Waals surface area (Å²) in [5.41, 5.74) is 7.14. The summed E-state index contributed by atoms with van der Waals surface area (Å²) < 4.78 is 7.68. The molecule has 4 rings (SSSR count). The average molecular weight is 371 g/mol. The summed E-state index contributed by atoms with van der Waals surface area (Å²) in [6.07, 6.45) is 4.40. The number of nitrogens with zero attached hydrogens (tertiary/aromatic N) is 2. The summed E-state index contributed by atoms with van der Waals surface area (Å²) in [7, 11) is 1.60. The van der Waals surface area contributed by atoms with Crippen molar-refractivity contribution in [2.24, 2.45) is 11.7 Å². The molecule has 7 nitrogen and oxygen atoms in total. The van der Waals surface area contributed by atoms with Gasteiger partial charge in [0.1, 0.15) is 5.56 Å². The number of anilines is 1. The molecular formula is C20H25N3O4. The summed E-state index contributed by atoms with van der Waals surface area (Å²) >= 11 is 0. The maximum Gasteiger partial charge on any atom is 0.341 e. The van der Waals surface area contributed by atoms with Crippen LogP contribution in [0.15, 0.2) is 23.1 Å². The van der Waals surface area contributed by atoms with Gasteiger partial charge in [0.05, 0.1) is 23.7 Å². The maximum absolute atomic E-state index is 12.7. The lowest BCUT2D eigenvalue weighted by Crippen LogP contribution is -2.46. The van der Waals surface area contributed by atoms with Gasteiger partial charge in [0.15, 0.2) is 5.75 Å². The number of nitrogens with two attached hydrogens (primary N) is 1. The molecule has 2 fully saturated rings. The molecule has 3 N–H and O–H groups in total. The van der Waals surface area contributed by atoms with E-state index in [2.05, 4.69) is 11.8 Å². The van der Waals surface area contributed by atoms with Crippen LogP contribution < -0.4 is 20.8 Å². The lowest BCUT2D eigenvalue weighted by Gasteiger charge is -2.37. The Morgan fingerprint density at radius 2 is 2.04 bits per heavy atom. The first-order valence-electron chi connectivity index (χ1n) is 9.40. The van der Waals surface area contributed by atoms with Crippen LogP contribution in [0, 0.1) is 5.92 Å². The minimum Gasteiger partial charge on any atom is -0.492 e. The van der Waals surface area contributed by atoms with Gasteiger partial charge in [-0.25, -0.2) is 4.79 Å². The Kier molecular flexibility index (Phi) is 4.34. The number of methoxy groups -OCH3 is 1. The quantitative estimate of drug-likeness (QED) is 0.855. The standard InChI is InChI=1S/C20H25N3O4/c1-11-7-12(21)9-22(8-11)16-6-5-14-17(19(16)27-2)23(13-3-4-13)10-15(18(14)24)20(25)26/h5-6,10-13H,3-4,7-9,21H2,1-2H3,(H,25,26)/t11-,12?/m0/s1. The van der Waals surface area contributed by atoms with Crippen LogP contribution in [0.5, 0.6) is 5.75 Å². The van der Waals surface area contributed by atoms with Gasteiger partial charge in [-0.05, 0) is 37.3 Å². The molecule has 0 amide bonds. The highest BCUT2D eigenvalue weighted by molar-refractivity contribution is 5.97. The van der Waals surface area contributed by atoms with E-state index in [9.17, 15) is 14.7 Å². The fourth-order valence-corrected chi connectivity index (χ4v) is 4.25. The fourth-order valence-electron chi connectivity index (χ4n) is 4.25. The summed E-state index contributed by atoms with van der Waals surface area (Å²) in [6.45, 7) is 3.78. The van der Waals surface area contributed by atoms with Gasteiger partial charge in [-0.2, -0.15) is 0 Å². The molecule has 0 spiro atoms. The van der Waals surface area contributed by atoms with Crippen molar-refractivity contribution in [2.75, 3.05) is 25.1 Å². The highest BCUT2D eigenvalue weighted by Gasteiger charge is 2.31. The van der Waals surface area contributed by atoms with Gasteiger partial charge in [0.25, 0.3) is 0 Å². The summed E-state index contributed by atoms with van der Waals surface area (Å²) in [4.78, 5) is 26.5. The highest BCUT2D eigenvalue weighted by atomic mass is 16.5. The molecule has 0 radical (unpaired) electrons. The Morgan fingerprint density at radius 3 is 2.63 bits per heavy atom. The zero-order valence-corrected chi connectivity index (χ0v) is 15.6. The van der Waals surface area contributed by atoms with E-state index >= 15 is 0 Å². The van der Waals surface area contributed by atoms with Gasteiger partial charge in [0.2, 0.25) is 5.43 Å². The van der Waals surface area contributed by atoms with Crippen molar-refractivity contribution in [2.45, 2.75) is 38.3 Å². The molecule has 27 heavy (non-hydrogen) atoms. The van der Waals surface area contributed by atoms with Crippen molar-refractivity contribution in [3.63, 3.8) is 0 Å². The zero-order valence-electron chi connectivity index (χ0n) is 15.6. The Bertz CT molecular complexity index is 954. The second kappa shape index (κ2) is 6.56. The third-order valence-corrected chi connectivity index (χ3v) is 5.53. The number of carboxylic acids is 1. The molecule has 144 valence electrons. The second-order valence-electron chi connectivity index (χ2n) is 7.84. The lowest BCUT2D eigenvalue weighted by molar-refractivity contribution is 0.0695. The number of hydrogen-bond donors (Lipinski definition) is 2. The molecule has 1 aliphatic heterocycles. The van der Waals surface area contributed by atoms with E-state index in [4.69, 9.17) is 10.5 Å². The summed E-state index contributed by atoms with van der Waals surface area (Å²) in [6, 6.07) is 3.88. The molecule has 1 aliphatic carbocycles. The van der Waals surface area contributed by atoms with Crippen LogP contribution in [0.2, 0.25) is 0 Å². The molecule has 1 saturated carbocycles. The van der Waals surface area contributed by atoms with Crippen molar-refractivity contribution in [1.82, 2.24) is 4.57 Å². The van der Waals surface area contributed by atoms with Gasteiger partial charge in [-0.3, -0.25) is 4.79 Å². The first-order chi connectivity index (χ1) is 12.9. The van der Waals surface area contributed by atoms with Crippen LogP contribution in [-0.2, 0) is 0 Å². The van der Waals surface area contributed by atoms with Crippen molar-refractivity contribution >= 4 is 22.6 Å². The van der Waals surface area contributed by atoms with Crippen LogP contribution in [0.3, 0.4) is 0 Å². The van der Waals surface area contributed by atoms with Crippen LogP contribution in [0.25, 0.3) is 10.9 Å². The molecule has 2 aliphatic rings. The number of pyridine rings is 1. The topological polar surface area (TPSA) is 97.8 Å². The Balaban J connectivity index is 1.96. The van der Waals surface area contributed by atoms with Crippen molar-refractivity contribution in [1.29, 1.82) is 0 Å². The number of rotatable bonds is 4. The molecule has 2 atom stereocenters. The first kappa shape index (κ1) is 17.9. The molecule has 1 aromatic carbocycles. The van der Waals surface area contributed by atoms with Crippen molar-refractivity contribution in [3.8, 4) is 5.75 Å². The number of piperidine rings is 1. The van der Waals surface area contributed by atoms with Gasteiger partial charge < -0.3 is 25.0 Å². The molecule has 1 unspecified atom stereocenters. The van der Waals surface area contributed by atoms with E-state index in [1.54, 1.807) is 13.2 Å². The predicted molar refractivity (Wildman–Crippen MR) is 104 cm³/mol. The molecule has 7 heteroatoms. The summed E-state index contributed by atoms with van der Waals surface area (Å²) in [5.74, 6) is -0.112. The highest BCUT2D eigenvalue weighted by Crippen LogP contribution is 2.43. The number of fused-ring (bicyclic) bond motifs is 1.